The molecule has 266 valence electrons. The van der Waals surface area contributed by atoms with E-state index in [4.69, 9.17) is 30.1 Å². The van der Waals surface area contributed by atoms with Gasteiger partial charge in [0, 0.05) is 33.2 Å². The van der Waals surface area contributed by atoms with Gasteiger partial charge in [-0.25, -0.2) is 19.9 Å². The zero-order valence-corrected chi connectivity index (χ0v) is 30.5. The van der Waals surface area contributed by atoms with Gasteiger partial charge >= 0.3 is 0 Å². The SMILES string of the molecule is c1ccc(-c2nc(-c3ccccc3)nc(-c3ccc(-c4cccc(-c5nc6ccccc6c6nnc(-c7cc8ccccc8c8ccccc78)n56)c4)cc3)n2)cc1. The molecule has 0 bridgehead atoms. The zero-order chi connectivity index (χ0) is 37.7. The normalized spacial score (nSPS) is 11.5. The number of para-hydroxylation sites is 1. The summed E-state index contributed by atoms with van der Waals surface area (Å²) in [5.41, 5.74) is 8.48. The Balaban J connectivity index is 1.03. The van der Waals surface area contributed by atoms with E-state index in [0.29, 0.717) is 17.5 Å². The lowest BCUT2D eigenvalue weighted by Gasteiger charge is -2.13. The van der Waals surface area contributed by atoms with Crippen molar-refractivity contribution >= 4 is 38.1 Å². The lowest BCUT2D eigenvalue weighted by Crippen LogP contribution is -2.01. The molecule has 0 aliphatic heterocycles. The van der Waals surface area contributed by atoms with Gasteiger partial charge in [0.25, 0.3) is 0 Å². The minimum atomic E-state index is 0.618. The van der Waals surface area contributed by atoms with Crippen molar-refractivity contribution in [1.82, 2.24) is 34.5 Å². The Kier molecular flexibility index (Phi) is 7.67. The van der Waals surface area contributed by atoms with E-state index in [1.54, 1.807) is 0 Å². The summed E-state index contributed by atoms with van der Waals surface area (Å²) in [5.74, 6) is 3.40. The molecule has 57 heavy (non-hydrogen) atoms. The van der Waals surface area contributed by atoms with Gasteiger partial charge < -0.3 is 0 Å². The van der Waals surface area contributed by atoms with Gasteiger partial charge in [-0.15, -0.1) is 10.2 Å². The van der Waals surface area contributed by atoms with E-state index in [1.807, 2.05) is 78.9 Å². The lowest BCUT2D eigenvalue weighted by atomic mass is 9.97. The smallest absolute Gasteiger partial charge is 0.172 e. The van der Waals surface area contributed by atoms with Gasteiger partial charge in [0.05, 0.1) is 5.52 Å². The number of aromatic nitrogens is 7. The van der Waals surface area contributed by atoms with Crippen LogP contribution < -0.4 is 0 Å². The van der Waals surface area contributed by atoms with Gasteiger partial charge in [0.2, 0.25) is 0 Å². The summed E-state index contributed by atoms with van der Waals surface area (Å²) in [7, 11) is 0. The van der Waals surface area contributed by atoms with Crippen LogP contribution in [0.5, 0.6) is 0 Å². The summed E-state index contributed by atoms with van der Waals surface area (Å²) in [6.45, 7) is 0. The van der Waals surface area contributed by atoms with Crippen molar-refractivity contribution in [1.29, 1.82) is 0 Å². The largest absolute Gasteiger partial charge is 0.258 e. The molecule has 11 rings (SSSR count). The molecule has 0 aliphatic carbocycles. The van der Waals surface area contributed by atoms with Crippen LogP contribution in [0.15, 0.2) is 188 Å². The number of hydrogen-bond acceptors (Lipinski definition) is 6. The van der Waals surface area contributed by atoms with Gasteiger partial charge in [0.1, 0.15) is 5.82 Å². The van der Waals surface area contributed by atoms with Crippen molar-refractivity contribution < 1.29 is 0 Å². The van der Waals surface area contributed by atoms with E-state index in [0.717, 1.165) is 77.9 Å². The van der Waals surface area contributed by atoms with E-state index in [1.165, 1.54) is 10.8 Å². The Labute approximate surface area is 327 Å². The topological polar surface area (TPSA) is 81.8 Å². The summed E-state index contributed by atoms with van der Waals surface area (Å²) in [4.78, 5) is 20.0. The highest BCUT2D eigenvalue weighted by Gasteiger charge is 2.21. The molecule has 0 spiro atoms. The molecule has 0 N–H and O–H groups in total. The molecule has 8 aromatic carbocycles. The number of benzene rings is 8. The second-order valence-corrected chi connectivity index (χ2v) is 14.0. The fourth-order valence-corrected chi connectivity index (χ4v) is 7.78. The summed E-state index contributed by atoms with van der Waals surface area (Å²) in [5, 5.41) is 15.3. The fraction of sp³-hybridized carbons (Fsp3) is 0. The Morgan fingerprint density at radius 2 is 0.842 bits per heavy atom. The molecule has 0 unspecified atom stereocenters. The first-order chi connectivity index (χ1) is 28.2. The third kappa shape index (κ3) is 5.68. The summed E-state index contributed by atoms with van der Waals surface area (Å²) in [6.07, 6.45) is 0. The van der Waals surface area contributed by atoms with Crippen molar-refractivity contribution in [3.8, 4) is 68.1 Å². The molecule has 0 aliphatic rings. The van der Waals surface area contributed by atoms with E-state index in [-0.39, 0.29) is 0 Å². The van der Waals surface area contributed by atoms with Crippen LogP contribution >= 0.6 is 0 Å². The Morgan fingerprint density at radius 3 is 1.54 bits per heavy atom. The number of fused-ring (bicyclic) bond motifs is 6. The summed E-state index contributed by atoms with van der Waals surface area (Å²) in [6, 6.07) is 64.4. The molecule has 7 nitrogen and oxygen atoms in total. The average molecular weight is 730 g/mol. The molecule has 3 aromatic heterocycles. The number of hydrogen-bond donors (Lipinski definition) is 0. The van der Waals surface area contributed by atoms with Gasteiger partial charge in [-0.1, -0.05) is 164 Å². The first-order valence-corrected chi connectivity index (χ1v) is 18.9. The van der Waals surface area contributed by atoms with Crippen molar-refractivity contribution in [3.63, 3.8) is 0 Å². The molecular weight excluding hydrogens is 699 g/mol. The maximum absolute atomic E-state index is 5.29. The summed E-state index contributed by atoms with van der Waals surface area (Å²) < 4.78 is 2.12. The number of nitrogens with zero attached hydrogens (tertiary/aromatic N) is 7. The van der Waals surface area contributed by atoms with Crippen LogP contribution in [-0.2, 0) is 0 Å². The van der Waals surface area contributed by atoms with Crippen LogP contribution in [0, 0.1) is 0 Å². The van der Waals surface area contributed by atoms with Crippen molar-refractivity contribution in [2.45, 2.75) is 0 Å². The maximum atomic E-state index is 5.29. The minimum absolute atomic E-state index is 0.618. The highest BCUT2D eigenvalue weighted by molar-refractivity contribution is 6.13. The standard InChI is InChI=1S/C50H31N7/c1-3-14-33(15-4-1)45-52-46(34-16-5-2-6-17-34)54-47(53-45)35-28-26-32(27-29-35)36-19-13-20-38(30-36)48-51-44-25-12-11-24-42(44)49-55-56-50(57(48)49)43-31-37-18-7-8-21-39(37)40-22-9-10-23-41(40)43/h1-31H. The highest BCUT2D eigenvalue weighted by atomic mass is 15.3. The van der Waals surface area contributed by atoms with Crippen LogP contribution in [0.2, 0.25) is 0 Å². The van der Waals surface area contributed by atoms with Gasteiger partial charge in [-0.05, 0) is 56.9 Å². The van der Waals surface area contributed by atoms with Gasteiger partial charge in [0.15, 0.2) is 28.9 Å². The number of rotatable bonds is 6. The zero-order valence-electron chi connectivity index (χ0n) is 30.5. The Morgan fingerprint density at radius 1 is 0.316 bits per heavy atom. The molecule has 0 atom stereocenters. The predicted molar refractivity (Wildman–Crippen MR) is 229 cm³/mol. The molecule has 11 aromatic rings. The minimum Gasteiger partial charge on any atom is -0.258 e. The molecular formula is C50H31N7. The first kappa shape index (κ1) is 32.5. The second-order valence-electron chi connectivity index (χ2n) is 14.0. The van der Waals surface area contributed by atoms with Crippen LogP contribution in [0.3, 0.4) is 0 Å². The molecule has 0 saturated carbocycles. The fourth-order valence-electron chi connectivity index (χ4n) is 7.78. The average Bonchev–Trinajstić information content (AvgIpc) is 3.74. The van der Waals surface area contributed by atoms with Crippen molar-refractivity contribution in [2.75, 3.05) is 0 Å². The van der Waals surface area contributed by atoms with Crippen molar-refractivity contribution in [2.24, 2.45) is 0 Å². The molecule has 0 radical (unpaired) electrons. The van der Waals surface area contributed by atoms with E-state index in [2.05, 4.69) is 114 Å². The van der Waals surface area contributed by atoms with Gasteiger partial charge in [-0.2, -0.15) is 0 Å². The predicted octanol–water partition coefficient (Wildman–Crippen LogP) is 11.8. The monoisotopic (exact) mass is 729 g/mol. The lowest BCUT2D eigenvalue weighted by molar-refractivity contribution is 1.07. The molecule has 0 fully saturated rings. The van der Waals surface area contributed by atoms with Crippen LogP contribution in [0.25, 0.3) is 106 Å². The Bertz CT molecular complexity index is 3230. The molecule has 0 saturated heterocycles. The molecule has 7 heteroatoms. The quantitative estimate of drug-likeness (QED) is 0.159. The first-order valence-electron chi connectivity index (χ1n) is 18.9. The van der Waals surface area contributed by atoms with E-state index >= 15 is 0 Å². The Hall–Kier alpha value is -7.90. The third-order valence-corrected chi connectivity index (χ3v) is 10.6. The van der Waals surface area contributed by atoms with E-state index < -0.39 is 0 Å². The van der Waals surface area contributed by atoms with E-state index in [9.17, 15) is 0 Å². The van der Waals surface area contributed by atoms with Gasteiger partial charge in [-0.3, -0.25) is 4.40 Å². The van der Waals surface area contributed by atoms with Crippen molar-refractivity contribution in [3.05, 3.63) is 188 Å². The maximum Gasteiger partial charge on any atom is 0.172 e. The van der Waals surface area contributed by atoms with Crippen LogP contribution in [0.1, 0.15) is 0 Å². The highest BCUT2D eigenvalue weighted by Crippen LogP contribution is 2.37. The molecule has 0 amide bonds. The third-order valence-electron chi connectivity index (χ3n) is 10.6. The second kappa shape index (κ2) is 13.4. The molecule has 3 heterocycles. The van der Waals surface area contributed by atoms with Crippen LogP contribution in [0.4, 0.5) is 0 Å². The summed E-state index contributed by atoms with van der Waals surface area (Å²) >= 11 is 0. The van der Waals surface area contributed by atoms with Crippen LogP contribution in [-0.4, -0.2) is 34.5 Å².